The van der Waals surface area contributed by atoms with Crippen LogP contribution < -0.4 is 5.32 Å². The second-order valence-corrected chi connectivity index (χ2v) is 5.13. The fourth-order valence-corrected chi connectivity index (χ4v) is 1.70. The van der Waals surface area contributed by atoms with E-state index in [-0.39, 0.29) is 5.91 Å². The Morgan fingerprint density at radius 3 is 2.11 bits per heavy atom. The van der Waals surface area contributed by atoms with E-state index in [1.807, 2.05) is 0 Å². The highest BCUT2D eigenvalue weighted by atomic mass is 16.3. The molecule has 0 aliphatic carbocycles. The van der Waals surface area contributed by atoms with E-state index in [9.17, 15) is 9.90 Å². The highest BCUT2D eigenvalue weighted by molar-refractivity contribution is 5.83. The van der Waals surface area contributed by atoms with Gasteiger partial charge in [-0.1, -0.05) is 37.6 Å². The number of hydrogen-bond acceptors (Lipinski definition) is 2. The molecule has 3 heteroatoms. The maximum Gasteiger partial charge on any atom is 0.251 e. The third-order valence-electron chi connectivity index (χ3n) is 2.82. The Hall–Kier alpha value is -1.35. The van der Waals surface area contributed by atoms with Gasteiger partial charge in [0.15, 0.2) is 0 Å². The van der Waals surface area contributed by atoms with E-state index in [0.29, 0.717) is 6.54 Å². The number of nitrogens with one attached hydrogen (secondary N) is 1. The van der Waals surface area contributed by atoms with E-state index in [1.165, 1.54) is 25.0 Å². The molecule has 18 heavy (non-hydrogen) atoms. The minimum absolute atomic E-state index is 0.329. The minimum atomic E-state index is -1.30. The van der Waals surface area contributed by atoms with Crippen molar-refractivity contribution in [2.75, 3.05) is 6.54 Å². The van der Waals surface area contributed by atoms with Crippen LogP contribution in [-0.4, -0.2) is 23.2 Å². The van der Waals surface area contributed by atoms with Crippen molar-refractivity contribution in [3.05, 3.63) is 35.4 Å². The average molecular weight is 249 g/mol. The molecule has 100 valence electrons. The van der Waals surface area contributed by atoms with Gasteiger partial charge >= 0.3 is 0 Å². The van der Waals surface area contributed by atoms with E-state index in [4.69, 9.17) is 0 Å². The van der Waals surface area contributed by atoms with Crippen LogP contribution in [-0.2, 0) is 17.6 Å². The Labute approximate surface area is 109 Å². The first kappa shape index (κ1) is 14.7. The fourth-order valence-electron chi connectivity index (χ4n) is 1.70. The van der Waals surface area contributed by atoms with Crippen molar-refractivity contribution in [3.8, 4) is 0 Å². The van der Waals surface area contributed by atoms with Gasteiger partial charge in [0, 0.05) is 6.54 Å². The molecule has 0 spiro atoms. The van der Waals surface area contributed by atoms with Gasteiger partial charge in [0.1, 0.15) is 5.60 Å². The monoisotopic (exact) mass is 249 g/mol. The normalized spacial score (nSPS) is 11.3. The number of rotatable bonds is 6. The van der Waals surface area contributed by atoms with Gasteiger partial charge < -0.3 is 10.4 Å². The zero-order valence-corrected chi connectivity index (χ0v) is 11.5. The van der Waals surface area contributed by atoms with E-state index >= 15 is 0 Å². The van der Waals surface area contributed by atoms with Crippen LogP contribution in [0.5, 0.6) is 0 Å². The number of amides is 1. The van der Waals surface area contributed by atoms with E-state index in [2.05, 4.69) is 36.5 Å². The van der Waals surface area contributed by atoms with Gasteiger partial charge in [-0.3, -0.25) is 4.79 Å². The van der Waals surface area contributed by atoms with Gasteiger partial charge in [0.05, 0.1) is 0 Å². The molecule has 0 unspecified atom stereocenters. The van der Waals surface area contributed by atoms with E-state index in [1.54, 1.807) is 0 Å². The summed E-state index contributed by atoms with van der Waals surface area (Å²) in [6.45, 7) is 5.69. The average Bonchev–Trinajstić information content (AvgIpc) is 2.30. The molecule has 2 N–H and O–H groups in total. The highest BCUT2D eigenvalue weighted by Crippen LogP contribution is 2.07. The highest BCUT2D eigenvalue weighted by Gasteiger charge is 2.22. The molecule has 0 aliphatic rings. The summed E-state index contributed by atoms with van der Waals surface area (Å²) in [5.74, 6) is -0.329. The Bertz CT molecular complexity index is 376. The Morgan fingerprint density at radius 1 is 1.17 bits per heavy atom. The first-order valence-corrected chi connectivity index (χ1v) is 6.52. The van der Waals surface area contributed by atoms with Crippen molar-refractivity contribution in [2.45, 2.75) is 45.6 Å². The van der Waals surface area contributed by atoms with Gasteiger partial charge in [0.2, 0.25) is 0 Å². The molecule has 1 aromatic carbocycles. The lowest BCUT2D eigenvalue weighted by molar-refractivity contribution is -0.136. The quantitative estimate of drug-likeness (QED) is 0.811. The van der Waals surface area contributed by atoms with E-state index < -0.39 is 5.60 Å². The summed E-state index contributed by atoms with van der Waals surface area (Å²) in [7, 11) is 0. The van der Waals surface area contributed by atoms with Crippen molar-refractivity contribution in [2.24, 2.45) is 0 Å². The lowest BCUT2D eigenvalue weighted by Crippen LogP contribution is -2.42. The third kappa shape index (κ3) is 4.88. The standard InChI is InChI=1S/C15H23NO2/c1-4-5-12-6-8-13(9-7-12)10-11-16-14(17)15(2,3)18/h6-9,18H,4-5,10-11H2,1-3H3,(H,16,17). The number of hydrogen-bond donors (Lipinski definition) is 2. The maximum atomic E-state index is 11.4. The lowest BCUT2D eigenvalue weighted by Gasteiger charge is -2.16. The molecule has 0 fully saturated rings. The number of aliphatic hydroxyl groups is 1. The number of carbonyl (C=O) groups is 1. The number of aryl methyl sites for hydroxylation is 1. The summed E-state index contributed by atoms with van der Waals surface area (Å²) in [6.07, 6.45) is 3.05. The van der Waals surface area contributed by atoms with Crippen molar-refractivity contribution >= 4 is 5.91 Å². The van der Waals surface area contributed by atoms with Crippen molar-refractivity contribution in [1.82, 2.24) is 5.32 Å². The zero-order valence-electron chi connectivity index (χ0n) is 11.5. The zero-order chi connectivity index (χ0) is 13.6. The fraction of sp³-hybridized carbons (Fsp3) is 0.533. The molecule has 0 atom stereocenters. The van der Waals surface area contributed by atoms with Crippen molar-refractivity contribution < 1.29 is 9.90 Å². The van der Waals surface area contributed by atoms with Gasteiger partial charge in [-0.2, -0.15) is 0 Å². The molecule has 0 aromatic heterocycles. The lowest BCUT2D eigenvalue weighted by atomic mass is 10.1. The van der Waals surface area contributed by atoms with Crippen LogP contribution in [0, 0.1) is 0 Å². The summed E-state index contributed by atoms with van der Waals surface area (Å²) < 4.78 is 0. The molecule has 1 amide bonds. The molecular formula is C15H23NO2. The van der Waals surface area contributed by atoms with Crippen LogP contribution in [0.4, 0.5) is 0 Å². The number of benzene rings is 1. The molecule has 0 saturated carbocycles. The van der Waals surface area contributed by atoms with Gasteiger partial charge in [-0.05, 0) is 37.8 Å². The largest absolute Gasteiger partial charge is 0.381 e. The molecule has 0 heterocycles. The van der Waals surface area contributed by atoms with Gasteiger partial charge in [-0.15, -0.1) is 0 Å². The summed E-state index contributed by atoms with van der Waals surface area (Å²) in [5, 5.41) is 12.2. The second-order valence-electron chi connectivity index (χ2n) is 5.13. The van der Waals surface area contributed by atoms with Gasteiger partial charge in [-0.25, -0.2) is 0 Å². The first-order valence-electron chi connectivity index (χ1n) is 6.52. The molecule has 3 nitrogen and oxygen atoms in total. The molecular weight excluding hydrogens is 226 g/mol. The van der Waals surface area contributed by atoms with Crippen LogP contribution >= 0.6 is 0 Å². The van der Waals surface area contributed by atoms with E-state index in [0.717, 1.165) is 19.3 Å². The summed E-state index contributed by atoms with van der Waals surface area (Å²) in [6, 6.07) is 8.47. The maximum absolute atomic E-state index is 11.4. The molecule has 0 bridgehead atoms. The smallest absolute Gasteiger partial charge is 0.251 e. The summed E-state index contributed by atoms with van der Waals surface area (Å²) >= 11 is 0. The predicted octanol–water partition coefficient (Wildman–Crippen LogP) is 2.07. The molecule has 0 aliphatic heterocycles. The number of carbonyl (C=O) groups excluding carboxylic acids is 1. The summed E-state index contributed by atoms with van der Waals surface area (Å²) in [4.78, 5) is 11.4. The van der Waals surface area contributed by atoms with Gasteiger partial charge in [0.25, 0.3) is 5.91 Å². The molecule has 1 rings (SSSR count). The van der Waals surface area contributed by atoms with Crippen LogP contribution in [0.2, 0.25) is 0 Å². The molecule has 0 radical (unpaired) electrons. The van der Waals surface area contributed by atoms with Crippen LogP contribution in [0.25, 0.3) is 0 Å². The van der Waals surface area contributed by atoms with Crippen molar-refractivity contribution in [1.29, 1.82) is 0 Å². The summed E-state index contributed by atoms with van der Waals surface area (Å²) in [5.41, 5.74) is 1.25. The topological polar surface area (TPSA) is 49.3 Å². The van der Waals surface area contributed by atoms with Crippen LogP contribution in [0.3, 0.4) is 0 Å². The predicted molar refractivity (Wildman–Crippen MR) is 73.4 cm³/mol. The Balaban J connectivity index is 2.38. The minimum Gasteiger partial charge on any atom is -0.381 e. The first-order chi connectivity index (χ1) is 8.43. The Morgan fingerprint density at radius 2 is 1.67 bits per heavy atom. The third-order valence-corrected chi connectivity index (χ3v) is 2.82. The van der Waals surface area contributed by atoms with Crippen LogP contribution in [0.1, 0.15) is 38.3 Å². The molecule has 0 saturated heterocycles. The SMILES string of the molecule is CCCc1ccc(CCNC(=O)C(C)(C)O)cc1. The van der Waals surface area contributed by atoms with Crippen LogP contribution in [0.15, 0.2) is 24.3 Å². The second kappa shape index (κ2) is 6.55. The van der Waals surface area contributed by atoms with Crippen molar-refractivity contribution in [3.63, 3.8) is 0 Å². The Kier molecular flexibility index (Phi) is 5.35. The molecule has 1 aromatic rings.